The normalized spacial score (nSPS) is 10.6. The molecule has 0 unspecified atom stereocenters. The van der Waals surface area contributed by atoms with E-state index in [-0.39, 0.29) is 11.4 Å². The second-order valence-electron chi connectivity index (χ2n) is 6.26. The summed E-state index contributed by atoms with van der Waals surface area (Å²) in [6.45, 7) is 1.92. The summed E-state index contributed by atoms with van der Waals surface area (Å²) in [7, 11) is 0. The molecule has 0 atom stereocenters. The first-order chi connectivity index (χ1) is 14.1. The highest BCUT2D eigenvalue weighted by molar-refractivity contribution is 6.30. The molecule has 2 aromatic carbocycles. The van der Waals surface area contributed by atoms with Crippen LogP contribution in [0.2, 0.25) is 5.02 Å². The van der Waals surface area contributed by atoms with Gasteiger partial charge in [-0.2, -0.15) is 0 Å². The van der Waals surface area contributed by atoms with Crippen LogP contribution >= 0.6 is 11.6 Å². The van der Waals surface area contributed by atoms with Crippen LogP contribution in [0.25, 0.3) is 11.4 Å². The van der Waals surface area contributed by atoms with Crippen molar-refractivity contribution in [3.05, 3.63) is 89.6 Å². The SMILES string of the molecule is Cc1cnccc1Nc1nc(-c2cc(Cl)ccc2F)ncc1Oc1ccccc1. The first-order valence-electron chi connectivity index (χ1n) is 8.83. The lowest BCUT2D eigenvalue weighted by Gasteiger charge is -2.14. The van der Waals surface area contributed by atoms with Gasteiger partial charge in [0.15, 0.2) is 17.4 Å². The highest BCUT2D eigenvalue weighted by atomic mass is 35.5. The third-order valence-corrected chi connectivity index (χ3v) is 4.40. The van der Waals surface area contributed by atoms with Gasteiger partial charge in [-0.1, -0.05) is 29.8 Å². The predicted octanol–water partition coefficient (Wildman–Crippen LogP) is 6.18. The molecule has 0 spiro atoms. The number of aryl methyl sites for hydroxylation is 1. The van der Waals surface area contributed by atoms with E-state index in [9.17, 15) is 4.39 Å². The molecule has 0 aliphatic rings. The minimum absolute atomic E-state index is 0.194. The third-order valence-electron chi connectivity index (χ3n) is 4.17. The molecule has 0 amide bonds. The monoisotopic (exact) mass is 406 g/mol. The zero-order valence-electron chi connectivity index (χ0n) is 15.4. The number of ether oxygens (including phenoxy) is 1. The largest absolute Gasteiger partial charge is 0.452 e. The van der Waals surface area contributed by atoms with E-state index in [1.807, 2.05) is 43.3 Å². The van der Waals surface area contributed by atoms with Crippen molar-refractivity contribution in [2.75, 3.05) is 5.32 Å². The summed E-state index contributed by atoms with van der Waals surface area (Å²) in [5.41, 5.74) is 1.93. The summed E-state index contributed by atoms with van der Waals surface area (Å²) in [5, 5.41) is 3.63. The number of hydrogen-bond donors (Lipinski definition) is 1. The Balaban J connectivity index is 1.78. The maximum atomic E-state index is 14.3. The fourth-order valence-electron chi connectivity index (χ4n) is 2.69. The van der Waals surface area contributed by atoms with Crippen molar-refractivity contribution in [2.24, 2.45) is 0 Å². The molecule has 0 saturated carbocycles. The van der Waals surface area contributed by atoms with Gasteiger partial charge < -0.3 is 10.1 Å². The number of nitrogens with zero attached hydrogens (tertiary/aromatic N) is 3. The van der Waals surface area contributed by atoms with Gasteiger partial charge in [0.05, 0.1) is 11.8 Å². The molecule has 0 fully saturated rings. The van der Waals surface area contributed by atoms with Crippen LogP contribution in [0.4, 0.5) is 15.9 Å². The average molecular weight is 407 g/mol. The van der Waals surface area contributed by atoms with Gasteiger partial charge in [0, 0.05) is 23.1 Å². The lowest BCUT2D eigenvalue weighted by molar-refractivity contribution is 0.480. The molecule has 2 heterocycles. The second kappa shape index (κ2) is 8.24. The summed E-state index contributed by atoms with van der Waals surface area (Å²) in [6, 6.07) is 15.4. The zero-order chi connectivity index (χ0) is 20.2. The van der Waals surface area contributed by atoms with Gasteiger partial charge in [-0.15, -0.1) is 0 Å². The molecule has 0 bridgehead atoms. The number of para-hydroxylation sites is 1. The van der Waals surface area contributed by atoms with Crippen LogP contribution in [-0.4, -0.2) is 15.0 Å². The molecular formula is C22H16ClFN4O. The number of aromatic nitrogens is 3. The Labute approximate surface area is 172 Å². The first-order valence-corrected chi connectivity index (χ1v) is 9.21. The highest BCUT2D eigenvalue weighted by Gasteiger charge is 2.15. The lowest BCUT2D eigenvalue weighted by atomic mass is 10.2. The van der Waals surface area contributed by atoms with Crippen molar-refractivity contribution in [1.82, 2.24) is 15.0 Å². The predicted molar refractivity (Wildman–Crippen MR) is 111 cm³/mol. The summed E-state index contributed by atoms with van der Waals surface area (Å²) in [5.74, 6) is 1.16. The van der Waals surface area contributed by atoms with E-state index in [0.29, 0.717) is 22.3 Å². The fraction of sp³-hybridized carbons (Fsp3) is 0.0455. The smallest absolute Gasteiger partial charge is 0.188 e. The van der Waals surface area contributed by atoms with Crippen molar-refractivity contribution < 1.29 is 9.13 Å². The van der Waals surface area contributed by atoms with E-state index >= 15 is 0 Å². The molecule has 7 heteroatoms. The van der Waals surface area contributed by atoms with Crippen LogP contribution in [-0.2, 0) is 0 Å². The van der Waals surface area contributed by atoms with Gasteiger partial charge in [0.2, 0.25) is 0 Å². The van der Waals surface area contributed by atoms with Gasteiger partial charge in [0.1, 0.15) is 11.6 Å². The number of nitrogens with one attached hydrogen (secondary N) is 1. The van der Waals surface area contributed by atoms with Crippen molar-refractivity contribution >= 4 is 23.1 Å². The van der Waals surface area contributed by atoms with Gasteiger partial charge in [-0.3, -0.25) is 4.98 Å². The van der Waals surface area contributed by atoms with E-state index in [4.69, 9.17) is 16.3 Å². The summed E-state index contributed by atoms with van der Waals surface area (Å²) in [4.78, 5) is 12.9. The molecule has 2 aromatic heterocycles. The van der Waals surface area contributed by atoms with Crippen LogP contribution in [0.5, 0.6) is 11.5 Å². The van der Waals surface area contributed by atoms with E-state index < -0.39 is 5.82 Å². The van der Waals surface area contributed by atoms with E-state index in [0.717, 1.165) is 11.3 Å². The zero-order valence-corrected chi connectivity index (χ0v) is 16.2. The molecule has 0 saturated heterocycles. The highest BCUT2D eigenvalue weighted by Crippen LogP contribution is 2.33. The van der Waals surface area contributed by atoms with Gasteiger partial charge in [-0.05, 0) is 48.9 Å². The summed E-state index contributed by atoms with van der Waals surface area (Å²) < 4.78 is 20.3. The average Bonchev–Trinajstić information content (AvgIpc) is 2.73. The summed E-state index contributed by atoms with van der Waals surface area (Å²) >= 11 is 6.03. The molecule has 4 rings (SSSR count). The Morgan fingerprint density at radius 3 is 2.66 bits per heavy atom. The van der Waals surface area contributed by atoms with E-state index in [2.05, 4.69) is 20.3 Å². The minimum Gasteiger partial charge on any atom is -0.452 e. The van der Waals surface area contributed by atoms with Gasteiger partial charge in [0.25, 0.3) is 0 Å². The Kier molecular flexibility index (Phi) is 5.35. The molecule has 29 heavy (non-hydrogen) atoms. The molecule has 5 nitrogen and oxygen atoms in total. The van der Waals surface area contributed by atoms with Crippen LogP contribution < -0.4 is 10.1 Å². The Morgan fingerprint density at radius 2 is 1.86 bits per heavy atom. The van der Waals surface area contributed by atoms with Gasteiger partial charge >= 0.3 is 0 Å². The number of halogens is 2. The number of rotatable bonds is 5. The Morgan fingerprint density at radius 1 is 1.03 bits per heavy atom. The number of benzene rings is 2. The lowest BCUT2D eigenvalue weighted by Crippen LogP contribution is -2.02. The number of hydrogen-bond acceptors (Lipinski definition) is 5. The maximum Gasteiger partial charge on any atom is 0.188 e. The molecular weight excluding hydrogens is 391 g/mol. The van der Waals surface area contributed by atoms with Gasteiger partial charge in [-0.25, -0.2) is 14.4 Å². The van der Waals surface area contributed by atoms with Crippen molar-refractivity contribution in [3.63, 3.8) is 0 Å². The molecule has 0 radical (unpaired) electrons. The molecule has 0 aliphatic heterocycles. The fourth-order valence-corrected chi connectivity index (χ4v) is 2.86. The Bertz CT molecular complexity index is 1150. The maximum absolute atomic E-state index is 14.3. The topological polar surface area (TPSA) is 59.9 Å². The van der Waals surface area contributed by atoms with Crippen molar-refractivity contribution in [1.29, 1.82) is 0 Å². The molecule has 4 aromatic rings. The van der Waals surface area contributed by atoms with E-state index in [1.54, 1.807) is 12.4 Å². The molecule has 0 aliphatic carbocycles. The van der Waals surface area contributed by atoms with Crippen molar-refractivity contribution in [2.45, 2.75) is 6.92 Å². The Hall–Kier alpha value is -3.51. The quantitative estimate of drug-likeness (QED) is 0.429. The number of anilines is 2. The minimum atomic E-state index is -0.461. The van der Waals surface area contributed by atoms with Crippen molar-refractivity contribution in [3.8, 4) is 22.9 Å². The molecule has 144 valence electrons. The van der Waals surface area contributed by atoms with Crippen LogP contribution in [0.1, 0.15) is 5.56 Å². The first kappa shape index (κ1) is 18.8. The van der Waals surface area contributed by atoms with E-state index in [1.165, 1.54) is 24.4 Å². The number of pyridine rings is 1. The summed E-state index contributed by atoms with van der Waals surface area (Å²) in [6.07, 6.45) is 4.92. The van der Waals surface area contributed by atoms with Crippen LogP contribution in [0.3, 0.4) is 0 Å². The van der Waals surface area contributed by atoms with Crippen LogP contribution in [0.15, 0.2) is 73.2 Å². The van der Waals surface area contributed by atoms with Crippen LogP contribution in [0, 0.1) is 12.7 Å². The second-order valence-corrected chi connectivity index (χ2v) is 6.70. The third kappa shape index (κ3) is 4.33. The molecule has 1 N–H and O–H groups in total. The standard InChI is InChI=1S/C22H16ClFN4O/c1-14-12-25-10-9-19(14)27-22-20(29-16-5-3-2-4-6-16)13-26-21(28-22)17-11-15(23)7-8-18(17)24/h2-13H,1H3,(H,25,26,27,28).